The van der Waals surface area contributed by atoms with Crippen molar-refractivity contribution in [2.45, 2.75) is 49.9 Å². The molecule has 0 bridgehead atoms. The molecule has 14 nitrogen and oxygen atoms in total. The average Bonchev–Trinajstić information content (AvgIpc) is 4.22. The van der Waals surface area contributed by atoms with E-state index in [1.165, 1.54) is 31.6 Å². The van der Waals surface area contributed by atoms with E-state index in [1.54, 1.807) is 38.4 Å². The maximum Gasteiger partial charge on any atom is 0.275 e. The lowest BCUT2D eigenvalue weighted by molar-refractivity contribution is -0.121. The fraction of sp³-hybridized carbons (Fsp3) is 0.250. The lowest BCUT2D eigenvalue weighted by atomic mass is 10.0. The van der Waals surface area contributed by atoms with Gasteiger partial charge in [0, 0.05) is 25.5 Å². The maximum atomic E-state index is 14.5. The van der Waals surface area contributed by atoms with E-state index >= 15 is 0 Å². The second-order valence-electron chi connectivity index (χ2n) is 16.4. The van der Waals surface area contributed by atoms with Gasteiger partial charge in [-0.3, -0.25) is 28.5 Å². The van der Waals surface area contributed by atoms with E-state index in [9.17, 15) is 28.0 Å². The molecule has 64 heavy (non-hydrogen) atoms. The highest BCUT2D eigenvalue weighted by molar-refractivity contribution is 6.04. The zero-order valence-electron chi connectivity index (χ0n) is 34.7. The van der Waals surface area contributed by atoms with Gasteiger partial charge in [0.15, 0.2) is 34.4 Å². The first-order valence-corrected chi connectivity index (χ1v) is 20.7. The molecule has 2 aliphatic heterocycles. The Morgan fingerprint density at radius 1 is 0.641 bits per heavy atom. The fourth-order valence-electron chi connectivity index (χ4n) is 8.89. The minimum Gasteiger partial charge on any atom is -0.338 e. The second kappa shape index (κ2) is 16.7. The summed E-state index contributed by atoms with van der Waals surface area (Å²) in [5.41, 5.74) is 5.60. The quantitative estimate of drug-likeness (QED) is 0.158. The highest BCUT2D eigenvalue weighted by atomic mass is 19.1. The number of fused-ring (bicyclic) bond motifs is 6. The molecule has 0 spiro atoms. The topological polar surface area (TPSA) is 143 Å². The molecule has 4 aromatic carbocycles. The van der Waals surface area contributed by atoms with Crippen LogP contribution < -0.4 is 20.4 Å². The molecular formula is C48H40F2N10O4. The summed E-state index contributed by atoms with van der Waals surface area (Å²) >= 11 is 0. The molecule has 6 aromatic rings. The van der Waals surface area contributed by atoms with Crippen LogP contribution in [0.25, 0.3) is 9.69 Å². The van der Waals surface area contributed by atoms with Crippen molar-refractivity contribution in [3.05, 3.63) is 178 Å². The molecule has 0 saturated heterocycles. The van der Waals surface area contributed by atoms with Crippen LogP contribution >= 0.6 is 0 Å². The van der Waals surface area contributed by atoms with Crippen LogP contribution in [0.3, 0.4) is 0 Å². The van der Waals surface area contributed by atoms with E-state index in [4.69, 9.17) is 13.1 Å². The first kappa shape index (κ1) is 41.4. The Balaban J connectivity index is 0.000000162. The fourth-order valence-corrected chi connectivity index (χ4v) is 8.89. The molecule has 4 aliphatic rings. The number of hydrogen-bond donors (Lipinski definition) is 2. The number of likely N-dealkylation sites (N-methyl/N-ethyl adjacent to an activating group) is 2. The molecule has 2 fully saturated rings. The number of nitrogens with one attached hydrogen (secondary N) is 2. The first-order valence-electron chi connectivity index (χ1n) is 20.7. The van der Waals surface area contributed by atoms with Crippen LogP contribution in [0.1, 0.15) is 67.9 Å². The lowest BCUT2D eigenvalue weighted by Crippen LogP contribution is -2.48. The number of halogens is 2. The summed E-state index contributed by atoms with van der Waals surface area (Å²) < 4.78 is 31.8. The minimum absolute atomic E-state index is 0.0754. The summed E-state index contributed by atoms with van der Waals surface area (Å²) in [4.78, 5) is 62.0. The third-order valence-electron chi connectivity index (χ3n) is 12.3. The summed E-state index contributed by atoms with van der Waals surface area (Å²) in [7, 11) is 3.30. The molecule has 16 heteroatoms. The van der Waals surface area contributed by atoms with Gasteiger partial charge in [0.05, 0.1) is 38.6 Å². The van der Waals surface area contributed by atoms with Gasteiger partial charge >= 0.3 is 0 Å². The molecule has 2 aliphatic carbocycles. The zero-order valence-corrected chi connectivity index (χ0v) is 34.7. The van der Waals surface area contributed by atoms with E-state index in [2.05, 4.69) is 30.5 Å². The predicted octanol–water partition coefficient (Wildman–Crippen LogP) is 7.00. The molecule has 6 atom stereocenters. The summed E-state index contributed by atoms with van der Waals surface area (Å²) in [6.45, 7) is 15.2. The van der Waals surface area contributed by atoms with Crippen LogP contribution in [-0.2, 0) is 22.7 Å². The number of amides is 4. The number of carbonyl (C=O) groups excluding carboxylic acids is 4. The van der Waals surface area contributed by atoms with Gasteiger partial charge in [-0.15, -0.1) is 0 Å². The van der Waals surface area contributed by atoms with E-state index in [-0.39, 0.29) is 46.9 Å². The molecular weight excluding hydrogens is 819 g/mol. The molecule has 2 aromatic heterocycles. The van der Waals surface area contributed by atoms with E-state index in [0.717, 1.165) is 46.5 Å². The van der Waals surface area contributed by atoms with Crippen LogP contribution in [0, 0.1) is 36.6 Å². The highest BCUT2D eigenvalue weighted by Gasteiger charge is 2.53. The van der Waals surface area contributed by atoms with Crippen molar-refractivity contribution >= 4 is 46.4 Å². The van der Waals surface area contributed by atoms with Crippen LogP contribution in [0.2, 0.25) is 0 Å². The van der Waals surface area contributed by atoms with Gasteiger partial charge in [-0.05, 0) is 70.9 Å². The smallest absolute Gasteiger partial charge is 0.275 e. The van der Waals surface area contributed by atoms with Crippen molar-refractivity contribution in [2.24, 2.45) is 11.8 Å². The molecule has 2 saturated carbocycles. The molecule has 10 rings (SSSR count). The van der Waals surface area contributed by atoms with Crippen molar-refractivity contribution in [1.29, 1.82) is 0 Å². The van der Waals surface area contributed by atoms with Crippen molar-refractivity contribution in [3.8, 4) is 0 Å². The molecule has 320 valence electrons. The molecule has 4 heterocycles. The Bertz CT molecular complexity index is 2720. The van der Waals surface area contributed by atoms with Crippen LogP contribution in [0.5, 0.6) is 0 Å². The van der Waals surface area contributed by atoms with E-state index < -0.39 is 35.5 Å². The van der Waals surface area contributed by atoms with E-state index in [0.29, 0.717) is 24.5 Å². The van der Waals surface area contributed by atoms with Gasteiger partial charge in [0.25, 0.3) is 11.8 Å². The van der Waals surface area contributed by atoms with Crippen molar-refractivity contribution < 1.29 is 28.0 Å². The van der Waals surface area contributed by atoms with Gasteiger partial charge in [0.1, 0.15) is 12.1 Å². The Kier molecular flexibility index (Phi) is 10.8. The number of carbonyl (C=O) groups is 4. The summed E-state index contributed by atoms with van der Waals surface area (Å²) in [5, 5.41) is 13.7. The van der Waals surface area contributed by atoms with Gasteiger partial charge in [-0.2, -0.15) is 10.2 Å². The Labute approximate surface area is 366 Å². The Morgan fingerprint density at radius 3 is 1.41 bits per heavy atom. The Hall–Kier alpha value is -7.98. The van der Waals surface area contributed by atoms with Crippen LogP contribution in [0.4, 0.5) is 31.5 Å². The molecule has 0 radical (unpaired) electrons. The average molecular weight is 859 g/mol. The SMILES string of the molecule is [C-]#[N+]c1ccc2c(c1)[C@@H]1C[C@@H]1[C@H](NC(=O)c1nn(Cc3ccccc3)cc1F)C(=O)N2C.[C-]#[N+]c1ccc2c(c1)[C@H]1C[C@H]1[C@@H](NC(=O)c1nn(Cc3ccccc3)cc1F)C(=O)N2C. The normalized spacial score (nSPS) is 21.2. The van der Waals surface area contributed by atoms with Crippen molar-refractivity contribution in [1.82, 2.24) is 30.2 Å². The number of anilines is 2. The number of hydrogen-bond acceptors (Lipinski definition) is 6. The highest BCUT2D eigenvalue weighted by Crippen LogP contribution is 2.56. The largest absolute Gasteiger partial charge is 0.338 e. The first-order chi connectivity index (χ1) is 30.9. The standard InChI is InChI=1S/2C24H20FN5O2/c2*1-26-15-8-9-20-17(10-15)16-11-18(16)21(24(32)29(20)2)27-23(31)22-19(25)13-30(28-22)12-14-6-4-3-5-7-14/h2*3-10,13,16,18,21H,11-12H2,2H3,(H,27,31)/t2*16-,18-,21-/m10/s1. The monoisotopic (exact) mass is 858 g/mol. The van der Waals surface area contributed by atoms with Gasteiger partial charge in [-0.1, -0.05) is 84.9 Å². The van der Waals surface area contributed by atoms with Crippen molar-refractivity contribution in [3.63, 3.8) is 0 Å². The van der Waals surface area contributed by atoms with Crippen molar-refractivity contribution in [2.75, 3.05) is 23.9 Å². The molecule has 4 amide bonds. The Morgan fingerprint density at radius 2 is 1.03 bits per heavy atom. The number of benzene rings is 4. The third-order valence-corrected chi connectivity index (χ3v) is 12.3. The lowest BCUT2D eigenvalue weighted by Gasteiger charge is -2.23. The summed E-state index contributed by atoms with van der Waals surface area (Å²) in [6.07, 6.45) is 3.82. The number of nitrogens with zero attached hydrogens (tertiary/aromatic N) is 8. The maximum absolute atomic E-state index is 14.5. The molecule has 0 unspecified atom stereocenters. The molecule has 2 N–H and O–H groups in total. The predicted molar refractivity (Wildman–Crippen MR) is 232 cm³/mol. The second-order valence-corrected chi connectivity index (χ2v) is 16.4. The summed E-state index contributed by atoms with van der Waals surface area (Å²) in [5.74, 6) is -3.43. The number of rotatable bonds is 8. The van der Waals surface area contributed by atoms with Crippen LogP contribution in [-0.4, -0.2) is 69.4 Å². The van der Waals surface area contributed by atoms with Gasteiger partial charge < -0.3 is 20.4 Å². The van der Waals surface area contributed by atoms with E-state index in [1.807, 2.05) is 72.8 Å². The third kappa shape index (κ3) is 7.97. The minimum atomic E-state index is -0.778. The van der Waals surface area contributed by atoms with Gasteiger partial charge in [-0.25, -0.2) is 18.5 Å². The van der Waals surface area contributed by atoms with Gasteiger partial charge in [0.2, 0.25) is 11.8 Å². The van der Waals surface area contributed by atoms with Crippen LogP contribution in [0.15, 0.2) is 109 Å². The number of aromatic nitrogens is 4. The summed E-state index contributed by atoms with van der Waals surface area (Å²) in [6, 6.07) is 27.8. The zero-order chi connectivity index (χ0) is 44.8.